The van der Waals surface area contributed by atoms with Crippen molar-refractivity contribution in [1.82, 2.24) is 15.2 Å². The number of carbonyl (C=O) groups is 1. The molecule has 27 heavy (non-hydrogen) atoms. The Bertz CT molecular complexity index is 971. The van der Waals surface area contributed by atoms with E-state index in [1.54, 1.807) is 0 Å². The van der Waals surface area contributed by atoms with Gasteiger partial charge in [0, 0.05) is 28.6 Å². The van der Waals surface area contributed by atoms with Gasteiger partial charge >= 0.3 is 0 Å². The molecule has 0 unspecified atom stereocenters. The van der Waals surface area contributed by atoms with Gasteiger partial charge in [0.15, 0.2) is 0 Å². The highest BCUT2D eigenvalue weighted by Gasteiger charge is 2.17. The highest BCUT2D eigenvalue weighted by atomic mass is 35.5. The highest BCUT2D eigenvalue weighted by Crippen LogP contribution is 2.35. The molecule has 4 nitrogen and oxygen atoms in total. The molecule has 6 heteroatoms. The summed E-state index contributed by atoms with van der Waals surface area (Å²) in [4.78, 5) is 20.2. The van der Waals surface area contributed by atoms with Gasteiger partial charge in [0.05, 0.1) is 10.4 Å². The number of pyridine rings is 1. The van der Waals surface area contributed by atoms with Crippen molar-refractivity contribution in [3.8, 4) is 0 Å². The van der Waals surface area contributed by atoms with Gasteiger partial charge in [-0.3, -0.25) is 4.79 Å². The number of hydrogen-bond acceptors (Lipinski definition) is 4. The summed E-state index contributed by atoms with van der Waals surface area (Å²) in [5.41, 5.74) is 0.861. The third-order valence-electron chi connectivity index (χ3n) is 5.22. The van der Waals surface area contributed by atoms with Gasteiger partial charge in [-0.1, -0.05) is 36.7 Å². The van der Waals surface area contributed by atoms with Crippen molar-refractivity contribution in [2.45, 2.75) is 26.2 Å². The molecule has 0 aliphatic carbocycles. The Morgan fingerprint density at radius 2 is 2.22 bits per heavy atom. The second kappa shape index (κ2) is 8.13. The van der Waals surface area contributed by atoms with Crippen LogP contribution in [0.5, 0.6) is 0 Å². The van der Waals surface area contributed by atoms with Crippen LogP contribution in [0.15, 0.2) is 30.3 Å². The van der Waals surface area contributed by atoms with E-state index in [4.69, 9.17) is 11.6 Å². The van der Waals surface area contributed by atoms with Crippen molar-refractivity contribution in [2.75, 3.05) is 26.2 Å². The number of halogens is 1. The summed E-state index contributed by atoms with van der Waals surface area (Å²) in [6.45, 7) is 6.44. The van der Waals surface area contributed by atoms with Crippen molar-refractivity contribution in [3.05, 3.63) is 40.4 Å². The Morgan fingerprint density at radius 3 is 3.07 bits per heavy atom. The Kier molecular flexibility index (Phi) is 5.62. The van der Waals surface area contributed by atoms with E-state index < -0.39 is 0 Å². The third-order valence-corrected chi connectivity index (χ3v) is 6.68. The number of amides is 1. The van der Waals surface area contributed by atoms with Crippen LogP contribution in [0.4, 0.5) is 0 Å². The number of benzene rings is 1. The van der Waals surface area contributed by atoms with Gasteiger partial charge in [0.25, 0.3) is 5.91 Å². The van der Waals surface area contributed by atoms with Crippen LogP contribution >= 0.6 is 22.9 Å². The molecule has 1 saturated heterocycles. The maximum atomic E-state index is 12.6. The van der Waals surface area contributed by atoms with E-state index in [0.717, 1.165) is 39.9 Å². The lowest BCUT2D eigenvalue weighted by Crippen LogP contribution is -2.36. The maximum Gasteiger partial charge on any atom is 0.261 e. The van der Waals surface area contributed by atoms with Gasteiger partial charge in [0.2, 0.25) is 0 Å². The molecule has 3 aromatic rings. The number of carbonyl (C=O) groups excluding carboxylic acids is 1. The summed E-state index contributed by atoms with van der Waals surface area (Å²) in [6, 6.07) is 9.77. The van der Waals surface area contributed by atoms with E-state index >= 15 is 0 Å². The minimum absolute atomic E-state index is 0.0247. The first-order valence-electron chi connectivity index (χ1n) is 9.60. The van der Waals surface area contributed by atoms with E-state index in [-0.39, 0.29) is 5.91 Å². The van der Waals surface area contributed by atoms with Crippen LogP contribution in [0.25, 0.3) is 21.0 Å². The average molecular weight is 402 g/mol. The molecule has 1 N–H and O–H groups in total. The first-order valence-corrected chi connectivity index (χ1v) is 10.8. The van der Waals surface area contributed by atoms with Crippen molar-refractivity contribution < 1.29 is 4.79 Å². The number of nitrogens with zero attached hydrogens (tertiary/aromatic N) is 2. The Morgan fingerprint density at radius 1 is 1.37 bits per heavy atom. The Balaban J connectivity index is 1.41. The summed E-state index contributed by atoms with van der Waals surface area (Å²) in [5.74, 6) is 0.767. The van der Waals surface area contributed by atoms with E-state index in [0.29, 0.717) is 16.6 Å². The molecule has 4 rings (SSSR count). The predicted molar refractivity (Wildman–Crippen MR) is 114 cm³/mol. The summed E-state index contributed by atoms with van der Waals surface area (Å²) >= 11 is 7.83. The van der Waals surface area contributed by atoms with Crippen molar-refractivity contribution in [1.29, 1.82) is 0 Å². The number of fused-ring (bicyclic) bond motifs is 3. The maximum absolute atomic E-state index is 12.6. The number of nitrogens with one attached hydrogen (secondary N) is 1. The van der Waals surface area contributed by atoms with Crippen molar-refractivity contribution in [3.63, 3.8) is 0 Å². The molecule has 142 valence electrons. The number of para-hydroxylation sites is 1. The van der Waals surface area contributed by atoms with Crippen LogP contribution in [-0.2, 0) is 0 Å². The van der Waals surface area contributed by atoms with Gasteiger partial charge in [-0.2, -0.15) is 0 Å². The zero-order chi connectivity index (χ0) is 18.8. The third kappa shape index (κ3) is 4.10. The molecule has 1 aliphatic heterocycles. The fourth-order valence-electron chi connectivity index (χ4n) is 3.87. The van der Waals surface area contributed by atoms with Crippen LogP contribution < -0.4 is 5.32 Å². The molecule has 1 fully saturated rings. The van der Waals surface area contributed by atoms with Gasteiger partial charge in [0.1, 0.15) is 5.15 Å². The molecule has 0 saturated carbocycles. The fraction of sp³-hybridized carbons (Fsp3) is 0.429. The van der Waals surface area contributed by atoms with Gasteiger partial charge < -0.3 is 10.2 Å². The number of thiophene rings is 1. The first-order chi connectivity index (χ1) is 13.1. The molecule has 0 spiro atoms. The smallest absolute Gasteiger partial charge is 0.261 e. The molecule has 0 radical (unpaired) electrons. The lowest BCUT2D eigenvalue weighted by atomic mass is 10.0. The van der Waals surface area contributed by atoms with Crippen LogP contribution in [-0.4, -0.2) is 42.0 Å². The largest absolute Gasteiger partial charge is 0.351 e. The number of piperidine rings is 1. The van der Waals surface area contributed by atoms with Crippen LogP contribution in [0.1, 0.15) is 35.9 Å². The molecule has 3 heterocycles. The van der Waals surface area contributed by atoms with E-state index in [1.807, 2.05) is 30.3 Å². The highest BCUT2D eigenvalue weighted by molar-refractivity contribution is 7.21. The topological polar surface area (TPSA) is 45.2 Å². The Hall–Kier alpha value is -1.69. The summed E-state index contributed by atoms with van der Waals surface area (Å²) in [6.07, 6.45) is 3.61. The average Bonchev–Trinajstić information content (AvgIpc) is 3.12. The van der Waals surface area contributed by atoms with Crippen LogP contribution in [0.2, 0.25) is 5.15 Å². The molecular formula is C21H24ClN3OS. The van der Waals surface area contributed by atoms with Gasteiger partial charge in [-0.25, -0.2) is 4.98 Å². The predicted octanol–water partition coefficient (Wildman–Crippen LogP) is 4.95. The summed E-state index contributed by atoms with van der Waals surface area (Å²) in [5, 5.41) is 5.41. The van der Waals surface area contributed by atoms with E-state index in [2.05, 4.69) is 22.1 Å². The number of likely N-dealkylation sites (tertiary alicyclic amines) is 1. The lowest BCUT2D eigenvalue weighted by Gasteiger charge is -2.30. The van der Waals surface area contributed by atoms with E-state index in [9.17, 15) is 4.79 Å². The molecule has 1 aromatic carbocycles. The molecule has 1 aliphatic rings. The lowest BCUT2D eigenvalue weighted by molar-refractivity contribution is 0.0954. The second-order valence-electron chi connectivity index (χ2n) is 7.43. The standard InChI is InChI=1S/C21H24ClN3OS/c1-14-6-4-10-25(13-14)11-5-9-23-21(26)18-12-16-19(27-18)15-7-2-3-8-17(15)24-20(16)22/h2-3,7-8,12,14H,4-6,9-11,13H2,1H3,(H,23,26)/t14-/m0/s1. The molecular weight excluding hydrogens is 378 g/mol. The number of hydrogen-bond donors (Lipinski definition) is 1. The van der Waals surface area contributed by atoms with Crippen LogP contribution in [0, 0.1) is 5.92 Å². The minimum atomic E-state index is -0.0247. The van der Waals surface area contributed by atoms with Crippen molar-refractivity contribution in [2.24, 2.45) is 5.92 Å². The quantitative estimate of drug-likeness (QED) is 0.485. The zero-order valence-corrected chi connectivity index (χ0v) is 17.1. The number of aromatic nitrogens is 1. The van der Waals surface area contributed by atoms with Crippen molar-refractivity contribution >= 4 is 49.8 Å². The SMILES string of the molecule is C[C@H]1CCCN(CCCNC(=O)c2cc3c(Cl)nc4ccccc4c3s2)C1. The molecule has 0 bridgehead atoms. The van der Waals surface area contributed by atoms with Crippen LogP contribution in [0.3, 0.4) is 0 Å². The molecule has 1 amide bonds. The molecule has 1 atom stereocenters. The monoisotopic (exact) mass is 401 g/mol. The molecule has 2 aromatic heterocycles. The first kappa shape index (κ1) is 18.7. The Labute approximate surface area is 168 Å². The zero-order valence-electron chi connectivity index (χ0n) is 15.5. The van der Waals surface area contributed by atoms with E-state index in [1.165, 1.54) is 37.3 Å². The minimum Gasteiger partial charge on any atom is -0.351 e. The summed E-state index contributed by atoms with van der Waals surface area (Å²) in [7, 11) is 0. The van der Waals surface area contributed by atoms with Gasteiger partial charge in [-0.05, 0) is 50.4 Å². The van der Waals surface area contributed by atoms with Gasteiger partial charge in [-0.15, -0.1) is 11.3 Å². The second-order valence-corrected chi connectivity index (χ2v) is 8.84. The number of rotatable bonds is 5. The fourth-order valence-corrected chi connectivity index (χ4v) is 5.27. The summed E-state index contributed by atoms with van der Waals surface area (Å²) < 4.78 is 1.03. The normalized spacial score (nSPS) is 18.2.